The first-order valence-electron chi connectivity index (χ1n) is 4.37. The van der Waals surface area contributed by atoms with E-state index in [0.29, 0.717) is 5.19 Å². The fourth-order valence-corrected chi connectivity index (χ4v) is 1.93. The predicted molar refractivity (Wildman–Crippen MR) is 63.6 cm³/mol. The highest BCUT2D eigenvalue weighted by atomic mass is 79.9. The van der Waals surface area contributed by atoms with Crippen LogP contribution in [-0.4, -0.2) is 10.2 Å². The second-order valence-electron chi connectivity index (χ2n) is 3.18. The molecule has 5 heteroatoms. The molecule has 0 aliphatic rings. The predicted octanol–water partition coefficient (Wildman–Crippen LogP) is 3.71. The summed E-state index contributed by atoms with van der Waals surface area (Å²) >= 11 is 4.89. The van der Waals surface area contributed by atoms with Gasteiger partial charge in [-0.15, -0.1) is 5.10 Å². The van der Waals surface area contributed by atoms with Crippen molar-refractivity contribution in [2.24, 2.45) is 0 Å². The van der Waals surface area contributed by atoms with E-state index < -0.39 is 0 Å². The Morgan fingerprint density at radius 2 is 1.93 bits per heavy atom. The number of benzene rings is 1. The summed E-state index contributed by atoms with van der Waals surface area (Å²) in [6, 6.07) is 3.94. The summed E-state index contributed by atoms with van der Waals surface area (Å²) in [5.41, 5.74) is 3.94. The van der Waals surface area contributed by atoms with Crippen LogP contribution in [0.1, 0.15) is 11.1 Å². The van der Waals surface area contributed by atoms with Gasteiger partial charge in [-0.1, -0.05) is 32.4 Å². The van der Waals surface area contributed by atoms with Gasteiger partial charge in [-0.25, -0.2) is 0 Å². The van der Waals surface area contributed by atoms with Gasteiger partial charge in [-0.3, -0.25) is 0 Å². The van der Waals surface area contributed by atoms with Gasteiger partial charge in [-0.05, 0) is 37.1 Å². The lowest BCUT2D eigenvalue weighted by atomic mass is 10.1. The summed E-state index contributed by atoms with van der Waals surface area (Å²) in [5.74, 6) is 0.796. The summed E-state index contributed by atoms with van der Waals surface area (Å²) in [4.78, 5) is 0. The standard InChI is InChI=1S/C10H9BrN2OS/c1-6-3-8(4-7(2)9(6)11)14-10-13-12-5-15-10/h3-5H,1-2H3. The fourth-order valence-electron chi connectivity index (χ4n) is 1.27. The molecular formula is C10H9BrN2OS. The minimum absolute atomic E-state index is 0.566. The SMILES string of the molecule is Cc1cc(Oc2nncs2)cc(C)c1Br. The Hall–Kier alpha value is -0.940. The Morgan fingerprint density at radius 1 is 1.27 bits per heavy atom. The average molecular weight is 285 g/mol. The zero-order valence-corrected chi connectivity index (χ0v) is 10.7. The summed E-state index contributed by atoms with van der Waals surface area (Å²) < 4.78 is 6.68. The van der Waals surface area contributed by atoms with Gasteiger partial charge in [0.15, 0.2) is 0 Å². The van der Waals surface area contributed by atoms with Crippen molar-refractivity contribution in [2.45, 2.75) is 13.8 Å². The van der Waals surface area contributed by atoms with Crippen LogP contribution >= 0.6 is 27.3 Å². The van der Waals surface area contributed by atoms with Gasteiger partial charge in [0.1, 0.15) is 11.3 Å². The largest absolute Gasteiger partial charge is 0.430 e. The highest BCUT2D eigenvalue weighted by molar-refractivity contribution is 9.10. The van der Waals surface area contributed by atoms with Gasteiger partial charge in [0.25, 0.3) is 5.19 Å². The van der Waals surface area contributed by atoms with Crippen molar-refractivity contribution in [1.82, 2.24) is 10.2 Å². The first kappa shape index (κ1) is 10.6. The number of hydrogen-bond acceptors (Lipinski definition) is 4. The van der Waals surface area contributed by atoms with Gasteiger partial charge in [0, 0.05) is 4.47 Å². The van der Waals surface area contributed by atoms with E-state index in [0.717, 1.165) is 21.3 Å². The second-order valence-corrected chi connectivity index (χ2v) is 4.77. The third-order valence-electron chi connectivity index (χ3n) is 1.96. The maximum absolute atomic E-state index is 5.56. The van der Waals surface area contributed by atoms with E-state index in [1.54, 1.807) is 5.51 Å². The van der Waals surface area contributed by atoms with Crippen molar-refractivity contribution in [3.05, 3.63) is 33.2 Å². The van der Waals surface area contributed by atoms with Crippen LogP contribution in [-0.2, 0) is 0 Å². The number of hydrogen-bond donors (Lipinski definition) is 0. The lowest BCUT2D eigenvalue weighted by Crippen LogP contribution is -1.88. The van der Waals surface area contributed by atoms with E-state index in [4.69, 9.17) is 4.74 Å². The van der Waals surface area contributed by atoms with E-state index in [9.17, 15) is 0 Å². The molecule has 0 radical (unpaired) electrons. The van der Waals surface area contributed by atoms with Gasteiger partial charge >= 0.3 is 0 Å². The van der Waals surface area contributed by atoms with Crippen LogP contribution in [0.15, 0.2) is 22.1 Å². The van der Waals surface area contributed by atoms with Crippen LogP contribution in [0, 0.1) is 13.8 Å². The Bertz CT molecular complexity index is 447. The molecule has 2 rings (SSSR count). The topological polar surface area (TPSA) is 35.0 Å². The first-order chi connectivity index (χ1) is 7.16. The molecule has 0 N–H and O–H groups in total. The maximum atomic E-state index is 5.56. The molecule has 0 aliphatic carbocycles. The lowest BCUT2D eigenvalue weighted by Gasteiger charge is -2.06. The number of rotatable bonds is 2. The maximum Gasteiger partial charge on any atom is 0.299 e. The second kappa shape index (κ2) is 4.28. The molecule has 0 aliphatic heterocycles. The number of aryl methyl sites for hydroxylation is 2. The molecule has 2 aromatic rings. The van der Waals surface area contributed by atoms with Gasteiger partial charge in [0.05, 0.1) is 0 Å². The summed E-state index contributed by atoms with van der Waals surface area (Å²) in [6.45, 7) is 4.06. The molecule has 0 saturated heterocycles. The van der Waals surface area contributed by atoms with Crippen LogP contribution < -0.4 is 4.74 Å². The minimum atomic E-state index is 0.566. The Balaban J connectivity index is 2.30. The Kier molecular flexibility index (Phi) is 3.02. The number of aromatic nitrogens is 2. The molecule has 0 amide bonds. The van der Waals surface area contributed by atoms with E-state index in [-0.39, 0.29) is 0 Å². The van der Waals surface area contributed by atoms with E-state index in [1.165, 1.54) is 11.3 Å². The number of ether oxygens (including phenoxy) is 1. The minimum Gasteiger partial charge on any atom is -0.430 e. The number of nitrogens with zero attached hydrogens (tertiary/aromatic N) is 2. The fraction of sp³-hybridized carbons (Fsp3) is 0.200. The molecule has 0 bridgehead atoms. The molecular weight excluding hydrogens is 276 g/mol. The highest BCUT2D eigenvalue weighted by Gasteiger charge is 2.05. The molecule has 0 saturated carbocycles. The van der Waals surface area contributed by atoms with Crippen LogP contribution in [0.2, 0.25) is 0 Å². The number of halogens is 1. The van der Waals surface area contributed by atoms with E-state index in [1.807, 2.05) is 26.0 Å². The summed E-state index contributed by atoms with van der Waals surface area (Å²) in [5, 5.41) is 8.11. The monoisotopic (exact) mass is 284 g/mol. The normalized spacial score (nSPS) is 10.3. The van der Waals surface area contributed by atoms with Crippen LogP contribution in [0.4, 0.5) is 0 Å². The molecule has 0 unspecified atom stereocenters. The molecule has 1 aromatic carbocycles. The third kappa shape index (κ3) is 2.35. The Morgan fingerprint density at radius 3 is 2.47 bits per heavy atom. The zero-order chi connectivity index (χ0) is 10.8. The van der Waals surface area contributed by atoms with Crippen LogP contribution in [0.25, 0.3) is 0 Å². The van der Waals surface area contributed by atoms with E-state index in [2.05, 4.69) is 26.1 Å². The molecule has 0 spiro atoms. The van der Waals surface area contributed by atoms with Crippen molar-refractivity contribution >= 4 is 27.3 Å². The average Bonchev–Trinajstić information content (AvgIpc) is 2.66. The first-order valence-corrected chi connectivity index (χ1v) is 6.05. The zero-order valence-electron chi connectivity index (χ0n) is 8.32. The van der Waals surface area contributed by atoms with Crippen molar-refractivity contribution in [3.8, 4) is 10.9 Å². The molecule has 1 aromatic heterocycles. The van der Waals surface area contributed by atoms with Crippen molar-refractivity contribution in [3.63, 3.8) is 0 Å². The highest BCUT2D eigenvalue weighted by Crippen LogP contribution is 2.29. The van der Waals surface area contributed by atoms with Crippen molar-refractivity contribution in [1.29, 1.82) is 0 Å². The van der Waals surface area contributed by atoms with Gasteiger partial charge in [-0.2, -0.15) is 0 Å². The van der Waals surface area contributed by atoms with E-state index >= 15 is 0 Å². The van der Waals surface area contributed by atoms with Crippen LogP contribution in [0.5, 0.6) is 10.9 Å². The molecule has 15 heavy (non-hydrogen) atoms. The van der Waals surface area contributed by atoms with Crippen molar-refractivity contribution in [2.75, 3.05) is 0 Å². The molecule has 1 heterocycles. The van der Waals surface area contributed by atoms with Gasteiger partial charge in [0.2, 0.25) is 0 Å². The molecule has 3 nitrogen and oxygen atoms in total. The molecule has 0 fully saturated rings. The molecule has 0 atom stereocenters. The van der Waals surface area contributed by atoms with Gasteiger partial charge < -0.3 is 4.74 Å². The Labute approximate surface area is 100 Å². The molecule has 78 valence electrons. The van der Waals surface area contributed by atoms with Crippen molar-refractivity contribution < 1.29 is 4.74 Å². The smallest absolute Gasteiger partial charge is 0.299 e. The summed E-state index contributed by atoms with van der Waals surface area (Å²) in [6.07, 6.45) is 0. The quantitative estimate of drug-likeness (QED) is 0.843. The van der Waals surface area contributed by atoms with Crippen LogP contribution in [0.3, 0.4) is 0 Å². The lowest BCUT2D eigenvalue weighted by molar-refractivity contribution is 0.472. The summed E-state index contributed by atoms with van der Waals surface area (Å²) in [7, 11) is 0. The third-order valence-corrected chi connectivity index (χ3v) is 3.77.